The summed E-state index contributed by atoms with van der Waals surface area (Å²) in [6.45, 7) is 1.11. The highest BCUT2D eigenvalue weighted by molar-refractivity contribution is 9.10. The lowest BCUT2D eigenvalue weighted by Gasteiger charge is -2.21. The van der Waals surface area contributed by atoms with E-state index in [1.165, 1.54) is 39.0 Å². The summed E-state index contributed by atoms with van der Waals surface area (Å²) in [4.78, 5) is 1.41. The van der Waals surface area contributed by atoms with E-state index in [1.54, 1.807) is 0 Å². The molecule has 3 heteroatoms. The summed E-state index contributed by atoms with van der Waals surface area (Å²) in [5.74, 6) is 0. The summed E-state index contributed by atoms with van der Waals surface area (Å²) >= 11 is 5.43. The van der Waals surface area contributed by atoms with Crippen molar-refractivity contribution in [3.63, 3.8) is 0 Å². The third-order valence-electron chi connectivity index (χ3n) is 3.20. The molecule has 3 rings (SSSR count). The molecule has 1 nitrogen and oxygen atoms in total. The Hall–Kier alpha value is -0.800. The number of hydrogen-bond acceptors (Lipinski definition) is 2. The molecule has 0 atom stereocenters. The summed E-state index contributed by atoms with van der Waals surface area (Å²) in [7, 11) is 0. The Morgan fingerprint density at radius 3 is 3.06 bits per heavy atom. The van der Waals surface area contributed by atoms with Crippen molar-refractivity contribution in [1.29, 1.82) is 0 Å². The van der Waals surface area contributed by atoms with Crippen molar-refractivity contribution >= 4 is 33.0 Å². The quantitative estimate of drug-likeness (QED) is 0.864. The van der Waals surface area contributed by atoms with Crippen LogP contribution < -0.4 is 5.32 Å². The number of halogens is 1. The summed E-state index contributed by atoms with van der Waals surface area (Å²) < 4.78 is 1.23. The lowest BCUT2D eigenvalue weighted by atomic mass is 9.97. The van der Waals surface area contributed by atoms with Crippen LogP contribution in [0.2, 0.25) is 0 Å². The molecule has 0 saturated heterocycles. The third-order valence-corrected chi connectivity index (χ3v) is 5.13. The maximum absolute atomic E-state index is 3.61. The number of hydrogen-bond donors (Lipinski definition) is 1. The van der Waals surface area contributed by atoms with E-state index in [-0.39, 0.29) is 0 Å². The van der Waals surface area contributed by atoms with Crippen LogP contribution in [0.5, 0.6) is 0 Å². The van der Waals surface area contributed by atoms with Crippen LogP contribution >= 0.6 is 27.3 Å². The molecule has 0 bridgehead atoms. The average molecular weight is 308 g/mol. The molecule has 0 amide bonds. The van der Waals surface area contributed by atoms with Crippen LogP contribution in [0.3, 0.4) is 0 Å². The Morgan fingerprint density at radius 2 is 2.24 bits per heavy atom. The van der Waals surface area contributed by atoms with Gasteiger partial charge in [-0.25, -0.2) is 0 Å². The Morgan fingerprint density at radius 1 is 1.29 bits per heavy atom. The van der Waals surface area contributed by atoms with Gasteiger partial charge in [0.1, 0.15) is 0 Å². The van der Waals surface area contributed by atoms with Gasteiger partial charge >= 0.3 is 0 Å². The zero-order chi connectivity index (χ0) is 11.7. The minimum absolute atomic E-state index is 1.02. The normalized spacial score (nSPS) is 14.2. The Labute approximate surface area is 114 Å². The van der Waals surface area contributed by atoms with Gasteiger partial charge in [0.15, 0.2) is 0 Å². The summed E-state index contributed by atoms with van der Waals surface area (Å²) in [5, 5.41) is 5.69. The lowest BCUT2D eigenvalue weighted by Crippen LogP contribution is -2.13. The van der Waals surface area contributed by atoms with Crippen molar-refractivity contribution in [1.82, 2.24) is 0 Å². The number of thiophene rings is 1. The first-order valence-corrected chi connectivity index (χ1v) is 7.58. The van der Waals surface area contributed by atoms with Crippen LogP contribution in [-0.2, 0) is 12.8 Å². The van der Waals surface area contributed by atoms with Crippen molar-refractivity contribution in [2.75, 3.05) is 11.9 Å². The number of anilines is 1. The highest BCUT2D eigenvalue weighted by Crippen LogP contribution is 2.31. The molecule has 1 aromatic carbocycles. The number of para-hydroxylation sites is 1. The molecular weight excluding hydrogens is 294 g/mol. The highest BCUT2D eigenvalue weighted by atomic mass is 79.9. The maximum atomic E-state index is 3.61. The fraction of sp³-hybridized carbons (Fsp3) is 0.286. The standard InChI is InChI=1S/C14H14BrNS/c15-12-6-8-17-13(12)9-11-4-1-3-10-5-2-7-16-14(10)11/h1,3-4,6,8,16H,2,5,7,9H2. The zero-order valence-electron chi connectivity index (χ0n) is 9.50. The fourth-order valence-electron chi connectivity index (χ4n) is 2.35. The molecule has 2 heterocycles. The molecule has 0 spiro atoms. The monoisotopic (exact) mass is 307 g/mol. The van der Waals surface area contributed by atoms with Gasteiger partial charge in [-0.05, 0) is 51.3 Å². The SMILES string of the molecule is Brc1ccsc1Cc1cccc2c1NCCC2. The second-order valence-electron chi connectivity index (χ2n) is 4.35. The largest absolute Gasteiger partial charge is 0.385 e. The van der Waals surface area contributed by atoms with Gasteiger partial charge in [0.25, 0.3) is 0 Å². The van der Waals surface area contributed by atoms with Gasteiger partial charge in [0, 0.05) is 28.0 Å². The molecule has 0 fully saturated rings. The second-order valence-corrected chi connectivity index (χ2v) is 6.21. The molecule has 0 aliphatic carbocycles. The highest BCUT2D eigenvalue weighted by Gasteiger charge is 2.13. The number of nitrogens with one attached hydrogen (secondary N) is 1. The van der Waals surface area contributed by atoms with Gasteiger partial charge in [0.05, 0.1) is 0 Å². The van der Waals surface area contributed by atoms with Crippen molar-refractivity contribution < 1.29 is 0 Å². The maximum Gasteiger partial charge on any atom is 0.0408 e. The van der Waals surface area contributed by atoms with E-state index in [0.29, 0.717) is 0 Å². The Balaban J connectivity index is 1.95. The van der Waals surface area contributed by atoms with Crippen molar-refractivity contribution in [2.24, 2.45) is 0 Å². The second kappa shape index (κ2) is 4.83. The topological polar surface area (TPSA) is 12.0 Å². The van der Waals surface area contributed by atoms with Crippen LogP contribution in [-0.4, -0.2) is 6.54 Å². The van der Waals surface area contributed by atoms with Gasteiger partial charge in [-0.15, -0.1) is 11.3 Å². The predicted octanol–water partition coefficient (Wildman–Crippen LogP) is 4.46. The first-order valence-electron chi connectivity index (χ1n) is 5.91. The first-order chi connectivity index (χ1) is 8.34. The molecular formula is C14H14BrNS. The van der Waals surface area contributed by atoms with Crippen LogP contribution in [0.1, 0.15) is 22.4 Å². The smallest absolute Gasteiger partial charge is 0.0408 e. The van der Waals surface area contributed by atoms with E-state index in [9.17, 15) is 0 Å². The summed E-state index contributed by atoms with van der Waals surface area (Å²) in [6, 6.07) is 8.79. The van der Waals surface area contributed by atoms with Crippen molar-refractivity contribution in [3.05, 3.63) is 50.1 Å². The van der Waals surface area contributed by atoms with Gasteiger partial charge in [0.2, 0.25) is 0 Å². The fourth-order valence-corrected chi connectivity index (χ4v) is 3.87. The Kier molecular flexibility index (Phi) is 3.21. The zero-order valence-corrected chi connectivity index (χ0v) is 11.9. The van der Waals surface area contributed by atoms with Gasteiger partial charge in [-0.2, -0.15) is 0 Å². The first kappa shape index (κ1) is 11.3. The average Bonchev–Trinajstić information content (AvgIpc) is 2.76. The van der Waals surface area contributed by atoms with Crippen LogP contribution in [0.15, 0.2) is 34.1 Å². The van der Waals surface area contributed by atoms with Crippen LogP contribution in [0, 0.1) is 0 Å². The molecule has 88 valence electrons. The van der Waals surface area contributed by atoms with Crippen molar-refractivity contribution in [3.8, 4) is 0 Å². The van der Waals surface area contributed by atoms with E-state index in [4.69, 9.17) is 0 Å². The van der Waals surface area contributed by atoms with Gasteiger partial charge < -0.3 is 5.32 Å². The number of rotatable bonds is 2. The van der Waals surface area contributed by atoms with Crippen LogP contribution in [0.4, 0.5) is 5.69 Å². The minimum atomic E-state index is 1.02. The molecule has 1 N–H and O–H groups in total. The number of benzene rings is 1. The van der Waals surface area contributed by atoms with E-state index in [0.717, 1.165) is 13.0 Å². The molecule has 2 aromatic rings. The summed E-state index contributed by atoms with van der Waals surface area (Å²) in [5.41, 5.74) is 4.27. The molecule has 17 heavy (non-hydrogen) atoms. The molecule has 0 saturated carbocycles. The molecule has 1 aliphatic heterocycles. The van der Waals surface area contributed by atoms with E-state index >= 15 is 0 Å². The molecule has 1 aromatic heterocycles. The summed E-state index contributed by atoms with van der Waals surface area (Å²) in [6.07, 6.45) is 3.48. The van der Waals surface area contributed by atoms with E-state index in [1.807, 2.05) is 11.3 Å². The third kappa shape index (κ3) is 2.26. The Bertz CT molecular complexity index is 533. The van der Waals surface area contributed by atoms with E-state index < -0.39 is 0 Å². The lowest BCUT2D eigenvalue weighted by molar-refractivity contribution is 0.826. The number of aryl methyl sites for hydroxylation is 1. The predicted molar refractivity (Wildman–Crippen MR) is 78.1 cm³/mol. The minimum Gasteiger partial charge on any atom is -0.385 e. The molecule has 0 unspecified atom stereocenters. The van der Waals surface area contributed by atoms with Crippen molar-refractivity contribution in [2.45, 2.75) is 19.3 Å². The van der Waals surface area contributed by atoms with Gasteiger partial charge in [-0.3, -0.25) is 0 Å². The van der Waals surface area contributed by atoms with E-state index in [2.05, 4.69) is 50.9 Å². The van der Waals surface area contributed by atoms with Gasteiger partial charge in [-0.1, -0.05) is 18.2 Å². The molecule has 1 aliphatic rings. The van der Waals surface area contributed by atoms with Crippen LogP contribution in [0.25, 0.3) is 0 Å². The molecule has 0 radical (unpaired) electrons. The number of fused-ring (bicyclic) bond motifs is 1.